The van der Waals surface area contributed by atoms with Gasteiger partial charge in [-0.2, -0.15) is 0 Å². The van der Waals surface area contributed by atoms with Crippen LogP contribution < -0.4 is 14.8 Å². The molecule has 0 radical (unpaired) electrons. The number of nitro benzene ring substituents is 1. The van der Waals surface area contributed by atoms with Crippen molar-refractivity contribution >= 4 is 50.2 Å². The minimum absolute atomic E-state index is 0.0986. The van der Waals surface area contributed by atoms with E-state index < -0.39 is 10.8 Å². The lowest BCUT2D eigenvalue weighted by molar-refractivity contribution is -0.385. The molecule has 0 unspecified atom stereocenters. The van der Waals surface area contributed by atoms with Crippen molar-refractivity contribution in [2.45, 2.75) is 13.2 Å². The molecule has 0 atom stereocenters. The molecular weight excluding hydrogens is 470 g/mol. The number of thiazole rings is 1. The minimum Gasteiger partial charge on any atom is -0.493 e. The first-order valence-corrected chi connectivity index (χ1v) is 10.4. The second-order valence-corrected chi connectivity index (χ2v) is 8.70. The second kappa shape index (κ2) is 9.13. The lowest BCUT2D eigenvalue weighted by atomic mass is 10.1. The van der Waals surface area contributed by atoms with Crippen LogP contribution in [0.25, 0.3) is 0 Å². The van der Waals surface area contributed by atoms with Gasteiger partial charge in [0.1, 0.15) is 12.2 Å². The average Bonchev–Trinajstić information content (AvgIpc) is 3.35. The Morgan fingerprint density at radius 3 is 2.79 bits per heavy atom. The van der Waals surface area contributed by atoms with Gasteiger partial charge in [-0.3, -0.25) is 14.9 Å². The number of hydrogen-bond acceptors (Lipinski definition) is 8. The maximum absolute atomic E-state index is 12.5. The summed E-state index contributed by atoms with van der Waals surface area (Å²) >= 11 is 6.24. The van der Waals surface area contributed by atoms with Gasteiger partial charge in [0.2, 0.25) is 0 Å². The van der Waals surface area contributed by atoms with E-state index in [2.05, 4.69) is 26.2 Å². The van der Waals surface area contributed by atoms with E-state index in [-0.39, 0.29) is 35.9 Å². The summed E-state index contributed by atoms with van der Waals surface area (Å²) in [5, 5.41) is 16.0. The fourth-order valence-electron chi connectivity index (χ4n) is 2.32. The molecule has 0 aliphatic rings. The van der Waals surface area contributed by atoms with Crippen molar-refractivity contribution < 1.29 is 19.2 Å². The Bertz CT molecular complexity index is 991. The molecule has 3 aromatic rings. The van der Waals surface area contributed by atoms with E-state index in [4.69, 9.17) is 9.47 Å². The Balaban J connectivity index is 1.82. The first-order chi connectivity index (χ1) is 13.5. The fraction of sp³-hybridized carbons (Fsp3) is 0.176. The number of nitrogens with zero attached hydrogens (tertiary/aromatic N) is 2. The lowest BCUT2D eigenvalue weighted by Crippen LogP contribution is -2.23. The van der Waals surface area contributed by atoms with Crippen molar-refractivity contribution in [2.75, 3.05) is 7.11 Å². The van der Waals surface area contributed by atoms with Crippen molar-refractivity contribution in [3.8, 4) is 11.5 Å². The predicted octanol–water partition coefficient (Wildman–Crippen LogP) is 4.39. The molecule has 0 saturated carbocycles. The van der Waals surface area contributed by atoms with Gasteiger partial charge in [-0.25, -0.2) is 4.98 Å². The second-order valence-electron chi connectivity index (χ2n) is 5.43. The van der Waals surface area contributed by atoms with Gasteiger partial charge in [0, 0.05) is 16.3 Å². The van der Waals surface area contributed by atoms with Gasteiger partial charge in [-0.05, 0) is 28.1 Å². The van der Waals surface area contributed by atoms with Crippen LogP contribution in [-0.4, -0.2) is 22.9 Å². The molecule has 3 rings (SSSR count). The van der Waals surface area contributed by atoms with Gasteiger partial charge >= 0.3 is 0 Å². The van der Waals surface area contributed by atoms with Gasteiger partial charge < -0.3 is 14.8 Å². The van der Waals surface area contributed by atoms with E-state index in [9.17, 15) is 14.9 Å². The maximum atomic E-state index is 12.5. The molecule has 0 aliphatic heterocycles. The standard InChI is InChI=1S/C17H14BrN3O5S2/c1-25-14-4-12(17(22)19-6-11-2-3-16(18)28-11)13(21(23)24)5-15(14)26-7-10-8-27-9-20-10/h2-5,8-9H,6-7H2,1H3,(H,19,22). The van der Waals surface area contributed by atoms with E-state index in [0.29, 0.717) is 5.69 Å². The van der Waals surface area contributed by atoms with Crippen molar-refractivity contribution in [1.82, 2.24) is 10.3 Å². The molecule has 0 bridgehead atoms. The van der Waals surface area contributed by atoms with Crippen molar-refractivity contribution in [1.29, 1.82) is 0 Å². The molecular formula is C17H14BrN3O5S2. The summed E-state index contributed by atoms with van der Waals surface area (Å²) in [5.74, 6) is -0.175. The highest BCUT2D eigenvalue weighted by Crippen LogP contribution is 2.35. The summed E-state index contributed by atoms with van der Waals surface area (Å²) in [6.45, 7) is 0.395. The highest BCUT2D eigenvalue weighted by molar-refractivity contribution is 9.11. The van der Waals surface area contributed by atoms with Crippen LogP contribution in [0.4, 0.5) is 5.69 Å². The van der Waals surface area contributed by atoms with Crippen LogP contribution in [0.5, 0.6) is 11.5 Å². The number of halogens is 1. The Kier molecular flexibility index (Phi) is 6.60. The molecule has 2 heterocycles. The monoisotopic (exact) mass is 483 g/mol. The van der Waals surface area contributed by atoms with Crippen molar-refractivity contribution in [3.05, 3.63) is 65.2 Å². The molecule has 146 valence electrons. The van der Waals surface area contributed by atoms with E-state index in [0.717, 1.165) is 8.66 Å². The van der Waals surface area contributed by atoms with Crippen LogP contribution in [0.1, 0.15) is 20.9 Å². The number of thiophene rings is 1. The number of hydrogen-bond donors (Lipinski definition) is 1. The van der Waals surface area contributed by atoms with Gasteiger partial charge in [-0.1, -0.05) is 0 Å². The van der Waals surface area contributed by atoms with Gasteiger partial charge in [-0.15, -0.1) is 22.7 Å². The number of carbonyl (C=O) groups excluding carboxylic acids is 1. The van der Waals surface area contributed by atoms with Gasteiger partial charge in [0.15, 0.2) is 11.5 Å². The molecule has 8 nitrogen and oxygen atoms in total. The van der Waals surface area contributed by atoms with Crippen LogP contribution in [0.15, 0.2) is 38.9 Å². The zero-order valence-electron chi connectivity index (χ0n) is 14.5. The number of aromatic nitrogens is 1. The highest BCUT2D eigenvalue weighted by Gasteiger charge is 2.25. The van der Waals surface area contributed by atoms with E-state index in [1.54, 1.807) is 5.51 Å². The Morgan fingerprint density at radius 1 is 1.36 bits per heavy atom. The molecule has 11 heteroatoms. The number of carbonyl (C=O) groups is 1. The SMILES string of the molecule is COc1cc(C(=O)NCc2ccc(Br)s2)c([N+](=O)[O-])cc1OCc1cscn1. The number of nitro groups is 1. The molecule has 28 heavy (non-hydrogen) atoms. The minimum atomic E-state index is -0.619. The summed E-state index contributed by atoms with van der Waals surface area (Å²) < 4.78 is 11.8. The van der Waals surface area contributed by atoms with Crippen LogP contribution in [0.2, 0.25) is 0 Å². The fourth-order valence-corrected chi connectivity index (χ4v) is 4.29. The quantitative estimate of drug-likeness (QED) is 0.376. The zero-order valence-corrected chi connectivity index (χ0v) is 17.7. The molecule has 0 fully saturated rings. The summed E-state index contributed by atoms with van der Waals surface area (Å²) in [5.41, 5.74) is 1.90. The summed E-state index contributed by atoms with van der Waals surface area (Å²) in [4.78, 5) is 28.4. The van der Waals surface area contributed by atoms with Crippen LogP contribution in [0, 0.1) is 10.1 Å². The van der Waals surface area contributed by atoms with Crippen LogP contribution in [-0.2, 0) is 13.2 Å². The van der Waals surface area contributed by atoms with Crippen molar-refractivity contribution in [2.24, 2.45) is 0 Å². The van der Waals surface area contributed by atoms with Gasteiger partial charge in [0.05, 0.1) is 39.6 Å². The third-order valence-electron chi connectivity index (χ3n) is 3.63. The highest BCUT2D eigenvalue weighted by atomic mass is 79.9. The number of ether oxygens (including phenoxy) is 2. The predicted molar refractivity (Wildman–Crippen MR) is 109 cm³/mol. The molecule has 2 aromatic heterocycles. The normalized spacial score (nSPS) is 10.5. The number of rotatable bonds is 8. The lowest BCUT2D eigenvalue weighted by Gasteiger charge is -2.12. The molecule has 0 aliphatic carbocycles. The summed E-state index contributed by atoms with van der Waals surface area (Å²) in [7, 11) is 1.40. The Labute approximate surface area is 176 Å². The van der Waals surface area contributed by atoms with Crippen LogP contribution >= 0.6 is 38.6 Å². The first-order valence-electron chi connectivity index (χ1n) is 7.86. The molecule has 1 N–H and O–H groups in total. The Morgan fingerprint density at radius 2 is 2.18 bits per heavy atom. The number of methoxy groups -OCH3 is 1. The molecule has 1 amide bonds. The third kappa shape index (κ3) is 4.86. The zero-order chi connectivity index (χ0) is 20.1. The number of benzene rings is 1. The number of amides is 1. The summed E-state index contributed by atoms with van der Waals surface area (Å²) in [6, 6.07) is 6.24. The van der Waals surface area contributed by atoms with Crippen molar-refractivity contribution in [3.63, 3.8) is 0 Å². The largest absolute Gasteiger partial charge is 0.493 e. The van der Waals surface area contributed by atoms with E-state index in [1.165, 1.54) is 41.9 Å². The molecule has 0 spiro atoms. The molecule has 0 saturated heterocycles. The Hall–Kier alpha value is -2.50. The smallest absolute Gasteiger partial charge is 0.286 e. The molecule has 1 aromatic carbocycles. The van der Waals surface area contributed by atoms with E-state index in [1.807, 2.05) is 17.5 Å². The van der Waals surface area contributed by atoms with Gasteiger partial charge in [0.25, 0.3) is 11.6 Å². The summed E-state index contributed by atoms with van der Waals surface area (Å²) in [6.07, 6.45) is 0. The van der Waals surface area contributed by atoms with E-state index >= 15 is 0 Å². The number of nitrogens with one attached hydrogen (secondary N) is 1. The maximum Gasteiger partial charge on any atom is 0.286 e. The average molecular weight is 484 g/mol. The topological polar surface area (TPSA) is 104 Å². The van der Waals surface area contributed by atoms with Crippen LogP contribution in [0.3, 0.4) is 0 Å². The third-order valence-corrected chi connectivity index (χ3v) is 5.89. The first kappa shape index (κ1) is 20.2.